The molecule has 1 nitrogen and oxygen atoms in total. The summed E-state index contributed by atoms with van der Waals surface area (Å²) < 4.78 is 5.84. The van der Waals surface area contributed by atoms with Crippen molar-refractivity contribution in [1.29, 1.82) is 0 Å². The first-order valence-corrected chi connectivity index (χ1v) is 7.95. The predicted octanol–water partition coefficient (Wildman–Crippen LogP) is 5.16. The maximum absolute atomic E-state index is 5.84. The number of benzene rings is 2. The highest BCUT2D eigenvalue weighted by atomic mass is 32.2. The van der Waals surface area contributed by atoms with Crippen LogP contribution in [0.1, 0.15) is 26.3 Å². The monoisotopic (exact) mass is 286 g/mol. The summed E-state index contributed by atoms with van der Waals surface area (Å²) in [5.74, 6) is 1.93. The van der Waals surface area contributed by atoms with E-state index in [9.17, 15) is 0 Å². The average molecular weight is 286 g/mol. The van der Waals surface area contributed by atoms with E-state index in [1.807, 2.05) is 23.9 Å². The van der Waals surface area contributed by atoms with Crippen molar-refractivity contribution >= 4 is 11.8 Å². The van der Waals surface area contributed by atoms with Crippen LogP contribution in [0.15, 0.2) is 59.5 Å². The molecular weight excluding hydrogens is 264 g/mol. The van der Waals surface area contributed by atoms with Gasteiger partial charge in [-0.15, -0.1) is 11.8 Å². The summed E-state index contributed by atoms with van der Waals surface area (Å²) in [6.07, 6.45) is 0. The summed E-state index contributed by atoms with van der Waals surface area (Å²) in [6.45, 7) is 7.39. The van der Waals surface area contributed by atoms with Crippen LogP contribution in [-0.4, -0.2) is 12.4 Å². The molecule has 0 aliphatic carbocycles. The molecule has 0 unspecified atom stereocenters. The van der Waals surface area contributed by atoms with E-state index < -0.39 is 0 Å². The molecule has 0 N–H and O–H groups in total. The lowest BCUT2D eigenvalue weighted by Gasteiger charge is -2.19. The van der Waals surface area contributed by atoms with Crippen LogP contribution in [0.3, 0.4) is 0 Å². The molecule has 0 fully saturated rings. The standard InChI is InChI=1S/C18H22OS/c1-18(2,3)15-8-7-9-16(14-15)19-12-13-20-17-10-5-4-6-11-17/h4-11,14H,12-13H2,1-3H3. The van der Waals surface area contributed by atoms with E-state index in [2.05, 4.69) is 63.2 Å². The molecule has 0 aliphatic rings. The summed E-state index contributed by atoms with van der Waals surface area (Å²) >= 11 is 1.82. The maximum Gasteiger partial charge on any atom is 0.119 e. The van der Waals surface area contributed by atoms with Gasteiger partial charge in [-0.25, -0.2) is 0 Å². The van der Waals surface area contributed by atoms with Gasteiger partial charge in [-0.05, 0) is 35.2 Å². The van der Waals surface area contributed by atoms with E-state index in [1.165, 1.54) is 10.5 Å². The minimum absolute atomic E-state index is 0.165. The van der Waals surface area contributed by atoms with E-state index in [0.29, 0.717) is 0 Å². The number of hydrogen-bond acceptors (Lipinski definition) is 2. The molecule has 0 saturated heterocycles. The van der Waals surface area contributed by atoms with Crippen LogP contribution in [0.5, 0.6) is 5.75 Å². The molecule has 0 saturated carbocycles. The van der Waals surface area contributed by atoms with Gasteiger partial charge in [0.1, 0.15) is 5.75 Å². The van der Waals surface area contributed by atoms with Gasteiger partial charge in [0.2, 0.25) is 0 Å². The Morgan fingerprint density at radius 3 is 2.40 bits per heavy atom. The molecule has 106 valence electrons. The number of rotatable bonds is 5. The van der Waals surface area contributed by atoms with Gasteiger partial charge in [-0.3, -0.25) is 0 Å². The van der Waals surface area contributed by atoms with Crippen molar-refractivity contribution in [2.45, 2.75) is 31.1 Å². The topological polar surface area (TPSA) is 9.23 Å². The Kier molecular flexibility index (Phi) is 5.13. The first-order valence-electron chi connectivity index (χ1n) is 6.97. The molecule has 2 aromatic carbocycles. The van der Waals surface area contributed by atoms with Crippen molar-refractivity contribution in [3.8, 4) is 5.75 Å². The van der Waals surface area contributed by atoms with Crippen molar-refractivity contribution in [2.24, 2.45) is 0 Å². The number of thioether (sulfide) groups is 1. The molecule has 0 heterocycles. The minimum atomic E-state index is 0.165. The van der Waals surface area contributed by atoms with Gasteiger partial charge >= 0.3 is 0 Å². The fourth-order valence-electron chi connectivity index (χ4n) is 1.89. The van der Waals surface area contributed by atoms with E-state index >= 15 is 0 Å². The van der Waals surface area contributed by atoms with Gasteiger partial charge < -0.3 is 4.74 Å². The van der Waals surface area contributed by atoms with E-state index in [1.54, 1.807) is 0 Å². The molecule has 2 aromatic rings. The third kappa shape index (κ3) is 4.61. The summed E-state index contributed by atoms with van der Waals surface area (Å²) in [5, 5.41) is 0. The fraction of sp³-hybridized carbons (Fsp3) is 0.333. The lowest BCUT2D eigenvalue weighted by molar-refractivity contribution is 0.343. The van der Waals surface area contributed by atoms with Crippen molar-refractivity contribution in [2.75, 3.05) is 12.4 Å². The Labute approximate surface area is 126 Å². The van der Waals surface area contributed by atoms with Crippen molar-refractivity contribution < 1.29 is 4.74 Å². The highest BCUT2D eigenvalue weighted by Crippen LogP contribution is 2.25. The van der Waals surface area contributed by atoms with Crippen LogP contribution in [0.2, 0.25) is 0 Å². The van der Waals surface area contributed by atoms with Crippen LogP contribution in [-0.2, 0) is 5.41 Å². The zero-order valence-corrected chi connectivity index (χ0v) is 13.2. The number of hydrogen-bond donors (Lipinski definition) is 0. The predicted molar refractivity (Wildman–Crippen MR) is 87.8 cm³/mol. The third-order valence-electron chi connectivity index (χ3n) is 3.06. The zero-order valence-electron chi connectivity index (χ0n) is 12.4. The molecule has 2 rings (SSSR count). The molecular formula is C18H22OS. The van der Waals surface area contributed by atoms with Crippen LogP contribution >= 0.6 is 11.8 Å². The van der Waals surface area contributed by atoms with Gasteiger partial charge in [0, 0.05) is 10.6 Å². The molecule has 20 heavy (non-hydrogen) atoms. The van der Waals surface area contributed by atoms with Crippen LogP contribution < -0.4 is 4.74 Å². The Morgan fingerprint density at radius 2 is 1.70 bits per heavy atom. The Morgan fingerprint density at radius 1 is 0.950 bits per heavy atom. The molecule has 0 aromatic heterocycles. The quantitative estimate of drug-likeness (QED) is 0.555. The van der Waals surface area contributed by atoms with Crippen molar-refractivity contribution in [3.05, 3.63) is 60.2 Å². The molecule has 0 spiro atoms. The normalized spacial score (nSPS) is 11.3. The Hall–Kier alpha value is -1.41. The summed E-state index contributed by atoms with van der Waals surface area (Å²) in [5.41, 5.74) is 1.48. The zero-order chi connectivity index (χ0) is 14.4. The van der Waals surface area contributed by atoms with Crippen molar-refractivity contribution in [1.82, 2.24) is 0 Å². The largest absolute Gasteiger partial charge is 0.493 e. The summed E-state index contributed by atoms with van der Waals surface area (Å²) in [7, 11) is 0. The highest BCUT2D eigenvalue weighted by Gasteiger charge is 2.13. The molecule has 0 atom stereocenters. The summed E-state index contributed by atoms with van der Waals surface area (Å²) in [4.78, 5) is 1.29. The van der Waals surface area contributed by atoms with E-state index in [4.69, 9.17) is 4.74 Å². The number of ether oxygens (including phenoxy) is 1. The molecule has 0 bridgehead atoms. The highest BCUT2D eigenvalue weighted by molar-refractivity contribution is 7.99. The lowest BCUT2D eigenvalue weighted by atomic mass is 9.87. The molecule has 2 heteroatoms. The van der Waals surface area contributed by atoms with E-state index in [-0.39, 0.29) is 5.41 Å². The van der Waals surface area contributed by atoms with Crippen molar-refractivity contribution in [3.63, 3.8) is 0 Å². The minimum Gasteiger partial charge on any atom is -0.493 e. The van der Waals surface area contributed by atoms with Crippen LogP contribution in [0, 0.1) is 0 Å². The second-order valence-corrected chi connectivity index (χ2v) is 6.96. The molecule has 0 amide bonds. The Balaban J connectivity index is 1.83. The van der Waals surface area contributed by atoms with Gasteiger partial charge in [-0.1, -0.05) is 51.1 Å². The Bertz CT molecular complexity index is 529. The second-order valence-electron chi connectivity index (χ2n) is 5.79. The van der Waals surface area contributed by atoms with Gasteiger partial charge in [0.05, 0.1) is 6.61 Å². The molecule has 0 radical (unpaired) electrons. The fourth-order valence-corrected chi connectivity index (χ4v) is 2.64. The van der Waals surface area contributed by atoms with Gasteiger partial charge in [0.15, 0.2) is 0 Å². The smallest absolute Gasteiger partial charge is 0.119 e. The first-order chi connectivity index (χ1) is 9.55. The second kappa shape index (κ2) is 6.85. The van der Waals surface area contributed by atoms with Gasteiger partial charge in [-0.2, -0.15) is 0 Å². The average Bonchev–Trinajstić information content (AvgIpc) is 2.44. The van der Waals surface area contributed by atoms with E-state index in [0.717, 1.165) is 18.1 Å². The first kappa shape index (κ1) is 15.0. The van der Waals surface area contributed by atoms with Gasteiger partial charge in [0.25, 0.3) is 0 Å². The van der Waals surface area contributed by atoms with Crippen LogP contribution in [0.25, 0.3) is 0 Å². The van der Waals surface area contributed by atoms with Crippen LogP contribution in [0.4, 0.5) is 0 Å². The summed E-state index contributed by atoms with van der Waals surface area (Å²) in [6, 6.07) is 18.8. The lowest BCUT2D eigenvalue weighted by Crippen LogP contribution is -2.11. The SMILES string of the molecule is CC(C)(C)c1cccc(OCCSc2ccccc2)c1. The maximum atomic E-state index is 5.84. The third-order valence-corrected chi connectivity index (χ3v) is 4.04. The molecule has 0 aliphatic heterocycles.